The number of fused-ring (bicyclic) bond motifs is 2. The molecule has 9 nitrogen and oxygen atoms in total. The molecule has 1 saturated heterocycles. The first-order valence-corrected chi connectivity index (χ1v) is 11.0. The van der Waals surface area contributed by atoms with Gasteiger partial charge in [-0.2, -0.15) is 9.82 Å². The summed E-state index contributed by atoms with van der Waals surface area (Å²) < 4.78 is 29.6. The molecule has 2 aromatic heterocycles. The van der Waals surface area contributed by atoms with Crippen LogP contribution in [0.4, 0.5) is 5.69 Å². The average molecular weight is 412 g/mol. The molecule has 4 heterocycles. The number of benzene rings is 1. The molecular weight excluding hydrogens is 392 g/mol. The predicted molar refractivity (Wildman–Crippen MR) is 106 cm³/mol. The largest absolute Gasteiger partial charge is 0.368 e. The molecule has 3 aromatic rings. The maximum absolute atomic E-state index is 13.1. The number of sulfonamides is 1. The number of hydrogen-bond donors (Lipinski definition) is 2. The van der Waals surface area contributed by atoms with Gasteiger partial charge >= 0.3 is 0 Å². The Labute approximate surface area is 167 Å². The highest BCUT2D eigenvalue weighted by molar-refractivity contribution is 7.89. The molecule has 2 aliphatic rings. The highest BCUT2D eigenvalue weighted by atomic mass is 32.2. The molecule has 29 heavy (non-hydrogen) atoms. The minimum absolute atomic E-state index is 0.0503. The second kappa shape index (κ2) is 6.82. The summed E-state index contributed by atoms with van der Waals surface area (Å²) >= 11 is 0. The number of carbonyl (C=O) groups is 1. The Hall–Kier alpha value is -2.98. The van der Waals surface area contributed by atoms with Crippen molar-refractivity contribution in [3.63, 3.8) is 0 Å². The molecule has 150 valence electrons. The smallest absolute Gasteiger partial charge is 0.259 e. The molecule has 1 fully saturated rings. The Balaban J connectivity index is 1.38. The molecular formula is C19H20N6O3S. The molecule has 0 bridgehead atoms. The maximum atomic E-state index is 13.1. The van der Waals surface area contributed by atoms with E-state index in [2.05, 4.69) is 20.1 Å². The van der Waals surface area contributed by atoms with Crippen LogP contribution in [0.2, 0.25) is 0 Å². The fourth-order valence-corrected chi connectivity index (χ4v) is 5.46. The van der Waals surface area contributed by atoms with Crippen LogP contribution < -0.4 is 10.0 Å². The summed E-state index contributed by atoms with van der Waals surface area (Å²) in [4.78, 5) is 19.4. The van der Waals surface area contributed by atoms with Crippen LogP contribution >= 0.6 is 0 Å². The first-order valence-electron chi connectivity index (χ1n) is 9.48. The van der Waals surface area contributed by atoms with Gasteiger partial charge in [0.25, 0.3) is 5.91 Å². The molecule has 1 aromatic carbocycles. The minimum atomic E-state index is -3.59. The first-order chi connectivity index (χ1) is 14.0. The van der Waals surface area contributed by atoms with Crippen LogP contribution in [0.25, 0.3) is 5.65 Å². The third-order valence-corrected chi connectivity index (χ3v) is 7.00. The van der Waals surface area contributed by atoms with Crippen LogP contribution in [0.3, 0.4) is 0 Å². The first kappa shape index (κ1) is 18.1. The van der Waals surface area contributed by atoms with E-state index in [9.17, 15) is 13.2 Å². The van der Waals surface area contributed by atoms with Gasteiger partial charge in [-0.05, 0) is 31.0 Å². The van der Waals surface area contributed by atoms with Gasteiger partial charge in [-0.25, -0.2) is 17.9 Å². The van der Waals surface area contributed by atoms with Crippen molar-refractivity contribution in [2.45, 2.75) is 23.9 Å². The van der Waals surface area contributed by atoms with Gasteiger partial charge in [-0.15, -0.1) is 0 Å². The van der Waals surface area contributed by atoms with Crippen molar-refractivity contribution in [2.24, 2.45) is 5.92 Å². The Bertz CT molecular complexity index is 1190. The van der Waals surface area contributed by atoms with Crippen LogP contribution in [0.5, 0.6) is 0 Å². The van der Waals surface area contributed by atoms with Crippen LogP contribution in [0.15, 0.2) is 53.8 Å². The Morgan fingerprint density at radius 3 is 2.97 bits per heavy atom. The molecule has 0 saturated carbocycles. The number of piperidine rings is 1. The number of nitrogens with zero attached hydrogens (tertiary/aromatic N) is 4. The van der Waals surface area contributed by atoms with Crippen LogP contribution in [0, 0.1) is 5.92 Å². The van der Waals surface area contributed by atoms with Gasteiger partial charge in [0.1, 0.15) is 10.5 Å². The van der Waals surface area contributed by atoms with E-state index in [1.54, 1.807) is 52.1 Å². The number of carbonyl (C=O) groups excluding carboxylic acids is 1. The van der Waals surface area contributed by atoms with Gasteiger partial charge in [0.05, 0.1) is 18.1 Å². The van der Waals surface area contributed by atoms with Crippen molar-refractivity contribution in [2.75, 3.05) is 18.4 Å². The van der Waals surface area contributed by atoms with Gasteiger partial charge in [0.2, 0.25) is 10.0 Å². The zero-order valence-corrected chi connectivity index (χ0v) is 16.3. The van der Waals surface area contributed by atoms with Gasteiger partial charge < -0.3 is 10.2 Å². The third kappa shape index (κ3) is 3.14. The highest BCUT2D eigenvalue weighted by Gasteiger charge is 2.37. The van der Waals surface area contributed by atoms with E-state index in [0.29, 0.717) is 30.0 Å². The second-order valence-electron chi connectivity index (χ2n) is 7.34. The van der Waals surface area contributed by atoms with E-state index >= 15 is 0 Å². The Morgan fingerprint density at radius 1 is 1.21 bits per heavy atom. The van der Waals surface area contributed by atoms with Gasteiger partial charge in [0.15, 0.2) is 5.65 Å². The number of aromatic nitrogens is 3. The Kier molecular flexibility index (Phi) is 4.25. The van der Waals surface area contributed by atoms with Crippen LogP contribution in [-0.4, -0.2) is 53.1 Å². The summed E-state index contributed by atoms with van der Waals surface area (Å²) in [6.07, 6.45) is 6.06. The van der Waals surface area contributed by atoms with Gasteiger partial charge in [-0.3, -0.25) is 4.79 Å². The molecule has 2 N–H and O–H groups in total. The Morgan fingerprint density at radius 2 is 2.07 bits per heavy atom. The molecule has 2 atom stereocenters. The zero-order chi connectivity index (χ0) is 20.0. The quantitative estimate of drug-likeness (QED) is 0.657. The molecule has 0 unspecified atom stereocenters. The lowest BCUT2D eigenvalue weighted by molar-refractivity contribution is 0.0660. The van der Waals surface area contributed by atoms with Crippen molar-refractivity contribution in [3.8, 4) is 0 Å². The van der Waals surface area contributed by atoms with E-state index in [4.69, 9.17) is 0 Å². The third-order valence-electron chi connectivity index (χ3n) is 5.50. The standard InChI is InChI=1S/C19H20N6O3S/c26-19(14-11-21-25-10-4-8-20-18(14)25)24-9-3-5-13(12-24)17-22-15-6-1-2-7-16(15)29(27,28)23-17/h1-2,4,6-8,10-11,13,17,22-23H,3,5,9,12H2/t13-,17+/m0/s1. The topological polar surface area (TPSA) is 109 Å². The highest BCUT2D eigenvalue weighted by Crippen LogP contribution is 2.30. The van der Waals surface area contributed by atoms with Crippen molar-refractivity contribution >= 4 is 27.3 Å². The lowest BCUT2D eigenvalue weighted by Crippen LogP contribution is -2.54. The summed E-state index contributed by atoms with van der Waals surface area (Å²) in [5.41, 5.74) is 1.56. The maximum Gasteiger partial charge on any atom is 0.259 e. The fraction of sp³-hybridized carbons (Fsp3) is 0.316. The molecule has 0 aliphatic carbocycles. The van der Waals surface area contributed by atoms with Crippen molar-refractivity contribution in [1.29, 1.82) is 0 Å². The van der Waals surface area contributed by atoms with Crippen LogP contribution in [0.1, 0.15) is 23.2 Å². The van der Waals surface area contributed by atoms with E-state index in [1.807, 2.05) is 0 Å². The molecule has 5 rings (SSSR count). The number of amides is 1. The van der Waals surface area contributed by atoms with Gasteiger partial charge in [-0.1, -0.05) is 12.1 Å². The van der Waals surface area contributed by atoms with Crippen LogP contribution in [-0.2, 0) is 10.0 Å². The molecule has 2 aliphatic heterocycles. The van der Waals surface area contributed by atoms with E-state index in [-0.39, 0.29) is 16.7 Å². The minimum Gasteiger partial charge on any atom is -0.368 e. The normalized spacial score (nSPS) is 23.4. The predicted octanol–water partition coefficient (Wildman–Crippen LogP) is 1.31. The summed E-state index contributed by atoms with van der Waals surface area (Å²) in [5.74, 6) is -0.187. The number of nitrogens with one attached hydrogen (secondary N) is 2. The van der Waals surface area contributed by atoms with Gasteiger partial charge in [0, 0.05) is 31.4 Å². The van der Waals surface area contributed by atoms with E-state index < -0.39 is 16.2 Å². The number of anilines is 1. The summed E-state index contributed by atoms with van der Waals surface area (Å²) in [5, 5.41) is 7.48. The van der Waals surface area contributed by atoms with Crippen molar-refractivity contribution < 1.29 is 13.2 Å². The van der Waals surface area contributed by atoms with E-state index in [0.717, 1.165) is 12.8 Å². The number of para-hydroxylation sites is 1. The number of rotatable bonds is 2. The molecule has 10 heteroatoms. The number of likely N-dealkylation sites (tertiary alicyclic amines) is 1. The summed E-state index contributed by atoms with van der Waals surface area (Å²) in [6, 6.07) is 8.60. The lowest BCUT2D eigenvalue weighted by atomic mass is 9.94. The monoisotopic (exact) mass is 412 g/mol. The van der Waals surface area contributed by atoms with Crippen molar-refractivity contribution in [3.05, 3.63) is 54.5 Å². The zero-order valence-electron chi connectivity index (χ0n) is 15.5. The molecule has 1 amide bonds. The SMILES string of the molecule is O=C(c1cnn2cccnc12)N1CCC[C@H]([C@@H]2Nc3ccccc3S(=O)(=O)N2)C1. The average Bonchev–Trinajstić information content (AvgIpc) is 3.17. The second-order valence-corrected chi connectivity index (χ2v) is 9.02. The lowest BCUT2D eigenvalue weighted by Gasteiger charge is -2.39. The molecule has 0 spiro atoms. The molecule has 0 radical (unpaired) electrons. The summed E-state index contributed by atoms with van der Waals surface area (Å²) in [7, 11) is -3.59. The van der Waals surface area contributed by atoms with E-state index in [1.165, 1.54) is 6.20 Å². The fourth-order valence-electron chi connectivity index (χ4n) is 4.08. The summed E-state index contributed by atoms with van der Waals surface area (Å²) in [6.45, 7) is 1.07. The van der Waals surface area contributed by atoms with Crippen molar-refractivity contribution in [1.82, 2.24) is 24.2 Å². The number of hydrogen-bond acceptors (Lipinski definition) is 6.